The number of benzene rings is 2. The highest BCUT2D eigenvalue weighted by Gasteiger charge is 2.17. The third kappa shape index (κ3) is 3.82. The quantitative estimate of drug-likeness (QED) is 0.350. The molecule has 7 heteroatoms. The van der Waals surface area contributed by atoms with E-state index in [4.69, 9.17) is 9.40 Å². The van der Waals surface area contributed by atoms with E-state index in [1.165, 1.54) is 11.8 Å². The second-order valence-electron chi connectivity index (χ2n) is 7.32. The highest BCUT2D eigenvalue weighted by atomic mass is 32.2. The van der Waals surface area contributed by atoms with Crippen LogP contribution in [-0.4, -0.2) is 19.7 Å². The maximum Gasteiger partial charge on any atom is 0.266 e. The van der Waals surface area contributed by atoms with Crippen molar-refractivity contribution in [1.29, 1.82) is 0 Å². The summed E-state index contributed by atoms with van der Waals surface area (Å²) in [6, 6.07) is 13.5. The molecule has 6 nitrogen and oxygen atoms in total. The SMILES string of the molecule is Cc1ccc(-n2c(SCc3nnc(C(C)C)o3)nc3ccccc3c2=O)c(C)c1. The number of rotatable bonds is 5. The summed E-state index contributed by atoms with van der Waals surface area (Å²) in [6.45, 7) is 8.06. The van der Waals surface area contributed by atoms with Crippen LogP contribution < -0.4 is 5.56 Å². The number of hydrogen-bond acceptors (Lipinski definition) is 6. The molecule has 0 radical (unpaired) electrons. The van der Waals surface area contributed by atoms with Gasteiger partial charge in [0, 0.05) is 5.92 Å². The van der Waals surface area contributed by atoms with Gasteiger partial charge in [-0.05, 0) is 37.6 Å². The van der Waals surface area contributed by atoms with Gasteiger partial charge in [0.2, 0.25) is 11.8 Å². The lowest BCUT2D eigenvalue weighted by molar-refractivity contribution is 0.445. The number of nitrogens with zero attached hydrogens (tertiary/aromatic N) is 4. The fraction of sp³-hybridized carbons (Fsp3) is 0.273. The molecule has 2 aromatic carbocycles. The van der Waals surface area contributed by atoms with Gasteiger partial charge in [0.25, 0.3) is 5.56 Å². The molecule has 0 spiro atoms. The summed E-state index contributed by atoms with van der Waals surface area (Å²) in [5.74, 6) is 1.75. The van der Waals surface area contributed by atoms with E-state index in [9.17, 15) is 4.79 Å². The Hall–Kier alpha value is -2.93. The van der Waals surface area contributed by atoms with Crippen LogP contribution in [0.1, 0.15) is 42.7 Å². The fourth-order valence-corrected chi connectivity index (χ4v) is 4.00. The molecule has 0 saturated carbocycles. The molecule has 0 atom stereocenters. The van der Waals surface area contributed by atoms with E-state index in [1.807, 2.05) is 64.1 Å². The van der Waals surface area contributed by atoms with Crippen LogP contribution in [-0.2, 0) is 5.75 Å². The zero-order chi connectivity index (χ0) is 20.5. The monoisotopic (exact) mass is 406 g/mol. The van der Waals surface area contributed by atoms with Gasteiger partial charge in [-0.1, -0.05) is 55.4 Å². The van der Waals surface area contributed by atoms with Gasteiger partial charge in [-0.3, -0.25) is 9.36 Å². The lowest BCUT2D eigenvalue weighted by Crippen LogP contribution is -2.22. The first-order valence-corrected chi connectivity index (χ1v) is 10.5. The van der Waals surface area contributed by atoms with Crippen LogP contribution in [0.25, 0.3) is 16.6 Å². The molecule has 0 aliphatic carbocycles. The van der Waals surface area contributed by atoms with E-state index >= 15 is 0 Å². The second-order valence-corrected chi connectivity index (χ2v) is 8.26. The topological polar surface area (TPSA) is 73.8 Å². The summed E-state index contributed by atoms with van der Waals surface area (Å²) in [4.78, 5) is 18.1. The molecule has 4 aromatic rings. The smallest absolute Gasteiger partial charge is 0.266 e. The summed E-state index contributed by atoms with van der Waals surface area (Å²) in [6.07, 6.45) is 0. The summed E-state index contributed by atoms with van der Waals surface area (Å²) >= 11 is 1.42. The van der Waals surface area contributed by atoms with E-state index < -0.39 is 0 Å². The Labute approximate surface area is 173 Å². The van der Waals surface area contributed by atoms with Crippen molar-refractivity contribution in [3.8, 4) is 5.69 Å². The van der Waals surface area contributed by atoms with Crippen molar-refractivity contribution in [3.05, 3.63) is 75.7 Å². The second kappa shape index (κ2) is 7.83. The standard InChI is InChI=1S/C22H22N4O2S/c1-13(2)20-25-24-19(28-20)12-29-22-23-17-8-6-5-7-16(17)21(27)26(22)18-10-9-14(3)11-15(18)4/h5-11,13H,12H2,1-4H3. The van der Waals surface area contributed by atoms with E-state index in [1.54, 1.807) is 4.57 Å². The van der Waals surface area contributed by atoms with Gasteiger partial charge in [0.1, 0.15) is 0 Å². The molecule has 0 N–H and O–H groups in total. The average molecular weight is 407 g/mol. The molecule has 2 aromatic heterocycles. The first-order chi connectivity index (χ1) is 13.9. The van der Waals surface area contributed by atoms with Gasteiger partial charge in [-0.15, -0.1) is 10.2 Å². The molecule has 2 heterocycles. The Balaban J connectivity index is 1.81. The number of aromatic nitrogens is 4. The van der Waals surface area contributed by atoms with Crippen molar-refractivity contribution in [2.45, 2.75) is 44.5 Å². The molecule has 29 heavy (non-hydrogen) atoms. The Morgan fingerprint density at radius 1 is 1.10 bits per heavy atom. The lowest BCUT2D eigenvalue weighted by Gasteiger charge is -2.15. The van der Waals surface area contributed by atoms with Crippen molar-refractivity contribution in [3.63, 3.8) is 0 Å². The van der Waals surface area contributed by atoms with E-state index in [-0.39, 0.29) is 11.5 Å². The van der Waals surface area contributed by atoms with Crippen molar-refractivity contribution < 1.29 is 4.42 Å². The predicted molar refractivity (Wildman–Crippen MR) is 115 cm³/mol. The molecule has 0 saturated heterocycles. The number of fused-ring (bicyclic) bond motifs is 1. The molecule has 0 bridgehead atoms. The first-order valence-electron chi connectivity index (χ1n) is 9.48. The van der Waals surface area contributed by atoms with Gasteiger partial charge in [0.05, 0.1) is 22.3 Å². The minimum absolute atomic E-state index is 0.0848. The minimum Gasteiger partial charge on any atom is -0.424 e. The van der Waals surface area contributed by atoms with Crippen molar-refractivity contribution in [1.82, 2.24) is 19.7 Å². The maximum atomic E-state index is 13.3. The molecule has 4 rings (SSSR count). The fourth-order valence-electron chi connectivity index (χ4n) is 3.16. The van der Waals surface area contributed by atoms with E-state index in [0.29, 0.717) is 33.6 Å². The van der Waals surface area contributed by atoms with Crippen LogP contribution in [0.2, 0.25) is 0 Å². The molecule has 148 valence electrons. The lowest BCUT2D eigenvalue weighted by atomic mass is 10.1. The summed E-state index contributed by atoms with van der Waals surface area (Å²) in [5.41, 5.74) is 3.59. The van der Waals surface area contributed by atoms with Crippen LogP contribution in [0.4, 0.5) is 0 Å². The molecule has 0 unspecified atom stereocenters. The van der Waals surface area contributed by atoms with Crippen LogP contribution in [0.15, 0.2) is 56.8 Å². The van der Waals surface area contributed by atoms with Crippen LogP contribution in [0.3, 0.4) is 0 Å². The van der Waals surface area contributed by atoms with E-state index in [0.717, 1.165) is 16.8 Å². The van der Waals surface area contributed by atoms with Crippen LogP contribution in [0.5, 0.6) is 0 Å². The molecule has 0 aliphatic heterocycles. The zero-order valence-corrected chi connectivity index (χ0v) is 17.7. The minimum atomic E-state index is -0.0848. The van der Waals surface area contributed by atoms with Gasteiger partial charge in [0.15, 0.2) is 5.16 Å². The Morgan fingerprint density at radius 2 is 1.90 bits per heavy atom. The largest absolute Gasteiger partial charge is 0.424 e. The number of hydrogen-bond donors (Lipinski definition) is 0. The number of thioether (sulfide) groups is 1. The third-order valence-corrected chi connectivity index (χ3v) is 5.56. The van der Waals surface area contributed by atoms with Gasteiger partial charge in [-0.2, -0.15) is 0 Å². The van der Waals surface area contributed by atoms with Gasteiger partial charge >= 0.3 is 0 Å². The molecule has 0 fully saturated rings. The molecular formula is C22H22N4O2S. The Bertz CT molecular complexity index is 1240. The summed E-state index contributed by atoms with van der Waals surface area (Å²) in [7, 11) is 0. The van der Waals surface area contributed by atoms with Gasteiger partial charge in [-0.25, -0.2) is 4.98 Å². The third-order valence-electron chi connectivity index (χ3n) is 4.64. The Morgan fingerprint density at radius 3 is 2.62 bits per heavy atom. The van der Waals surface area contributed by atoms with E-state index in [2.05, 4.69) is 16.3 Å². The molecule has 0 aliphatic rings. The van der Waals surface area contributed by atoms with Crippen molar-refractivity contribution in [2.24, 2.45) is 0 Å². The Kier molecular flexibility index (Phi) is 5.24. The average Bonchev–Trinajstić information content (AvgIpc) is 3.17. The number of para-hydroxylation sites is 1. The summed E-state index contributed by atoms with van der Waals surface area (Å²) in [5, 5.41) is 9.39. The highest BCUT2D eigenvalue weighted by molar-refractivity contribution is 7.98. The molecule has 0 amide bonds. The van der Waals surface area contributed by atoms with Crippen molar-refractivity contribution in [2.75, 3.05) is 0 Å². The van der Waals surface area contributed by atoms with Crippen LogP contribution in [0, 0.1) is 13.8 Å². The highest BCUT2D eigenvalue weighted by Crippen LogP contribution is 2.26. The molecular weight excluding hydrogens is 384 g/mol. The first kappa shape index (κ1) is 19.4. The van der Waals surface area contributed by atoms with Gasteiger partial charge < -0.3 is 4.42 Å². The predicted octanol–water partition coefficient (Wildman–Crippen LogP) is 4.80. The number of aryl methyl sites for hydroxylation is 2. The maximum absolute atomic E-state index is 13.3. The zero-order valence-electron chi connectivity index (χ0n) is 16.8. The normalized spacial score (nSPS) is 11.5. The van der Waals surface area contributed by atoms with Crippen LogP contribution >= 0.6 is 11.8 Å². The summed E-state index contributed by atoms with van der Waals surface area (Å²) < 4.78 is 7.39. The van der Waals surface area contributed by atoms with Crippen molar-refractivity contribution >= 4 is 22.7 Å².